The van der Waals surface area contributed by atoms with Crippen molar-refractivity contribution >= 4 is 27.9 Å². The second-order valence-corrected chi connectivity index (χ2v) is 7.88. The fourth-order valence-corrected chi connectivity index (χ4v) is 3.03. The Morgan fingerprint density at radius 3 is 2.40 bits per heavy atom. The number of nitrogens with zero attached hydrogens (tertiary/aromatic N) is 2. The fraction of sp³-hybridized carbons (Fsp3) is 0.529. The van der Waals surface area contributed by atoms with Gasteiger partial charge in [0.1, 0.15) is 5.60 Å². The highest BCUT2D eigenvalue weighted by atomic mass is 79.9. The summed E-state index contributed by atoms with van der Waals surface area (Å²) in [7, 11) is 0. The number of rotatable bonds is 1. The Labute approximate surface area is 154 Å². The molecular weight excluding hydrogens is 398 g/mol. The van der Waals surface area contributed by atoms with Crippen LogP contribution in [0, 0.1) is 11.6 Å². The first kappa shape index (κ1) is 19.6. The van der Waals surface area contributed by atoms with Crippen molar-refractivity contribution < 1.29 is 23.1 Å². The van der Waals surface area contributed by atoms with E-state index < -0.39 is 29.2 Å². The number of carbonyl (C=O) groups is 2. The van der Waals surface area contributed by atoms with Gasteiger partial charge in [-0.2, -0.15) is 0 Å². The molecule has 1 aromatic rings. The summed E-state index contributed by atoms with van der Waals surface area (Å²) in [6.45, 7) is 8.06. The summed E-state index contributed by atoms with van der Waals surface area (Å²) in [4.78, 5) is 27.8. The molecule has 1 saturated heterocycles. The second kappa shape index (κ2) is 7.27. The third kappa shape index (κ3) is 4.68. The van der Waals surface area contributed by atoms with E-state index in [1.807, 2.05) is 6.92 Å². The van der Waals surface area contributed by atoms with E-state index in [0.717, 1.165) is 6.07 Å². The molecule has 8 heteroatoms. The Bertz CT molecular complexity index is 668. The van der Waals surface area contributed by atoms with Crippen LogP contribution >= 0.6 is 15.9 Å². The van der Waals surface area contributed by atoms with E-state index in [-0.39, 0.29) is 22.6 Å². The number of halogens is 3. The van der Waals surface area contributed by atoms with Crippen LogP contribution in [-0.4, -0.2) is 53.1 Å². The van der Waals surface area contributed by atoms with Crippen molar-refractivity contribution in [2.75, 3.05) is 19.6 Å². The molecular formula is C17H21BrF2N2O3. The Morgan fingerprint density at radius 1 is 1.24 bits per heavy atom. The molecule has 0 radical (unpaired) electrons. The van der Waals surface area contributed by atoms with Crippen molar-refractivity contribution in [1.29, 1.82) is 0 Å². The van der Waals surface area contributed by atoms with E-state index in [1.54, 1.807) is 25.7 Å². The lowest BCUT2D eigenvalue weighted by molar-refractivity contribution is 0.00198. The summed E-state index contributed by atoms with van der Waals surface area (Å²) in [5.74, 6) is -2.52. The number of hydrogen-bond acceptors (Lipinski definition) is 3. The molecule has 0 unspecified atom stereocenters. The van der Waals surface area contributed by atoms with Gasteiger partial charge in [0.25, 0.3) is 5.91 Å². The molecule has 25 heavy (non-hydrogen) atoms. The molecule has 1 atom stereocenters. The topological polar surface area (TPSA) is 49.9 Å². The lowest BCUT2D eigenvalue weighted by atomic mass is 10.1. The summed E-state index contributed by atoms with van der Waals surface area (Å²) in [5.41, 5.74) is -0.537. The maximum Gasteiger partial charge on any atom is 0.410 e. The van der Waals surface area contributed by atoms with Gasteiger partial charge in [0.2, 0.25) is 0 Å². The zero-order valence-electron chi connectivity index (χ0n) is 14.6. The third-order valence-corrected chi connectivity index (χ3v) is 4.35. The van der Waals surface area contributed by atoms with Gasteiger partial charge in [-0.15, -0.1) is 0 Å². The molecule has 1 aliphatic rings. The van der Waals surface area contributed by atoms with Crippen LogP contribution in [0.25, 0.3) is 0 Å². The zero-order chi connectivity index (χ0) is 18.9. The highest BCUT2D eigenvalue weighted by Crippen LogP contribution is 2.23. The molecule has 0 N–H and O–H groups in total. The average Bonchev–Trinajstić information content (AvgIpc) is 2.49. The summed E-state index contributed by atoms with van der Waals surface area (Å²) < 4.78 is 32.1. The molecule has 0 aromatic heterocycles. The Morgan fingerprint density at radius 2 is 1.88 bits per heavy atom. The molecule has 1 fully saturated rings. The molecule has 1 aromatic carbocycles. The van der Waals surface area contributed by atoms with Gasteiger partial charge in [-0.3, -0.25) is 4.79 Å². The monoisotopic (exact) mass is 418 g/mol. The zero-order valence-corrected chi connectivity index (χ0v) is 16.2. The average molecular weight is 419 g/mol. The minimum Gasteiger partial charge on any atom is -0.444 e. The summed E-state index contributed by atoms with van der Waals surface area (Å²) in [5, 5.41) is 0. The van der Waals surface area contributed by atoms with Crippen LogP contribution < -0.4 is 0 Å². The molecule has 1 heterocycles. The van der Waals surface area contributed by atoms with Crippen molar-refractivity contribution in [1.82, 2.24) is 9.80 Å². The lowest BCUT2D eigenvalue weighted by Crippen LogP contribution is -2.56. The van der Waals surface area contributed by atoms with Gasteiger partial charge < -0.3 is 14.5 Å². The number of ether oxygens (including phenoxy) is 1. The van der Waals surface area contributed by atoms with Crippen molar-refractivity contribution in [3.8, 4) is 0 Å². The van der Waals surface area contributed by atoms with Crippen LogP contribution in [0.5, 0.6) is 0 Å². The van der Waals surface area contributed by atoms with E-state index in [2.05, 4.69) is 15.9 Å². The Kier molecular flexibility index (Phi) is 5.71. The molecule has 2 amide bonds. The van der Waals surface area contributed by atoms with Gasteiger partial charge in [0.15, 0.2) is 11.6 Å². The molecule has 1 aliphatic heterocycles. The molecule has 5 nitrogen and oxygen atoms in total. The number of hydrogen-bond donors (Lipinski definition) is 0. The first-order chi connectivity index (χ1) is 11.5. The minimum absolute atomic E-state index is 0.0590. The van der Waals surface area contributed by atoms with Crippen LogP contribution in [0.2, 0.25) is 0 Å². The molecule has 2 rings (SSSR count). The van der Waals surface area contributed by atoms with Crippen molar-refractivity contribution in [3.05, 3.63) is 33.8 Å². The Hall–Kier alpha value is -1.70. The van der Waals surface area contributed by atoms with E-state index >= 15 is 0 Å². The first-order valence-corrected chi connectivity index (χ1v) is 8.72. The van der Waals surface area contributed by atoms with Crippen molar-refractivity contribution in [3.63, 3.8) is 0 Å². The number of carbonyl (C=O) groups excluding carboxylic acids is 2. The molecule has 0 saturated carbocycles. The predicted octanol–water partition coefficient (Wildman–Crippen LogP) is 3.81. The quantitative estimate of drug-likeness (QED) is 0.651. The Balaban J connectivity index is 2.07. The van der Waals surface area contributed by atoms with Gasteiger partial charge >= 0.3 is 6.09 Å². The molecule has 0 aliphatic carbocycles. The highest BCUT2D eigenvalue weighted by Gasteiger charge is 2.33. The molecule has 0 bridgehead atoms. The van der Waals surface area contributed by atoms with Crippen molar-refractivity contribution in [2.45, 2.75) is 39.3 Å². The van der Waals surface area contributed by atoms with Gasteiger partial charge in [-0.05, 0) is 55.8 Å². The SMILES string of the molecule is C[C@H]1CN(C(=O)c2cc(F)c(F)c(Br)c2)CCN1C(=O)OC(C)(C)C. The van der Waals surface area contributed by atoms with Crippen molar-refractivity contribution in [2.24, 2.45) is 0 Å². The van der Waals surface area contributed by atoms with Gasteiger partial charge in [0.05, 0.1) is 4.47 Å². The highest BCUT2D eigenvalue weighted by molar-refractivity contribution is 9.10. The lowest BCUT2D eigenvalue weighted by Gasteiger charge is -2.40. The predicted molar refractivity (Wildman–Crippen MR) is 92.4 cm³/mol. The maximum absolute atomic E-state index is 13.5. The molecule has 138 valence electrons. The fourth-order valence-electron chi connectivity index (χ4n) is 2.60. The van der Waals surface area contributed by atoms with Crippen LogP contribution in [-0.2, 0) is 4.74 Å². The number of amides is 2. The second-order valence-electron chi connectivity index (χ2n) is 7.03. The standard InChI is InChI=1S/C17H21BrF2N2O3/c1-10-9-21(5-6-22(10)16(24)25-17(2,3)4)15(23)11-7-12(18)14(20)13(19)8-11/h7-8,10H,5-6,9H2,1-4H3/t10-/m0/s1. The normalized spacial score (nSPS) is 18.3. The largest absolute Gasteiger partial charge is 0.444 e. The van der Waals surface area contributed by atoms with Gasteiger partial charge in [-0.25, -0.2) is 13.6 Å². The summed E-state index contributed by atoms with van der Waals surface area (Å²) in [6, 6.07) is 1.89. The van der Waals surface area contributed by atoms with E-state index in [1.165, 1.54) is 11.0 Å². The number of benzene rings is 1. The van der Waals surface area contributed by atoms with E-state index in [4.69, 9.17) is 4.74 Å². The van der Waals surface area contributed by atoms with E-state index in [0.29, 0.717) is 13.1 Å². The molecule has 0 spiro atoms. The summed E-state index contributed by atoms with van der Waals surface area (Å²) >= 11 is 2.90. The first-order valence-electron chi connectivity index (χ1n) is 7.93. The number of piperazine rings is 1. The van der Waals surface area contributed by atoms with Crippen LogP contribution in [0.1, 0.15) is 38.1 Å². The van der Waals surface area contributed by atoms with Crippen LogP contribution in [0.15, 0.2) is 16.6 Å². The minimum atomic E-state index is -1.09. The maximum atomic E-state index is 13.5. The smallest absolute Gasteiger partial charge is 0.410 e. The van der Waals surface area contributed by atoms with Gasteiger partial charge in [0, 0.05) is 31.2 Å². The van der Waals surface area contributed by atoms with Gasteiger partial charge in [-0.1, -0.05) is 0 Å². The summed E-state index contributed by atoms with van der Waals surface area (Å²) in [6.07, 6.45) is -0.428. The van der Waals surface area contributed by atoms with Crippen LogP contribution in [0.3, 0.4) is 0 Å². The van der Waals surface area contributed by atoms with E-state index in [9.17, 15) is 18.4 Å². The van der Waals surface area contributed by atoms with Crippen LogP contribution in [0.4, 0.5) is 13.6 Å². The third-order valence-electron chi connectivity index (χ3n) is 3.77.